The van der Waals surface area contributed by atoms with Crippen LogP contribution in [0.5, 0.6) is 5.75 Å². The quantitative estimate of drug-likeness (QED) is 0.662. The molecule has 0 unspecified atom stereocenters. The molecule has 0 aliphatic carbocycles. The van der Waals surface area contributed by atoms with Gasteiger partial charge in [-0.15, -0.1) is 0 Å². The van der Waals surface area contributed by atoms with Crippen LogP contribution in [-0.4, -0.2) is 21.9 Å². The van der Waals surface area contributed by atoms with Crippen molar-refractivity contribution in [1.82, 2.24) is 14.8 Å². The molecular formula is C19H22N4O2. The Balaban J connectivity index is 1.54. The fourth-order valence-corrected chi connectivity index (χ4v) is 2.63. The summed E-state index contributed by atoms with van der Waals surface area (Å²) in [5.41, 5.74) is 2.01. The van der Waals surface area contributed by atoms with E-state index >= 15 is 0 Å². The van der Waals surface area contributed by atoms with Crippen molar-refractivity contribution in [2.45, 2.75) is 25.9 Å². The molecule has 0 aliphatic heterocycles. The maximum Gasteiger partial charge on any atom is 0.343 e. The van der Waals surface area contributed by atoms with Crippen molar-refractivity contribution in [2.24, 2.45) is 0 Å². The lowest BCUT2D eigenvalue weighted by atomic mass is 10.1. The third-order valence-electron chi connectivity index (χ3n) is 3.93. The molecular weight excluding hydrogens is 316 g/mol. The Labute approximate surface area is 146 Å². The summed E-state index contributed by atoms with van der Waals surface area (Å²) in [7, 11) is 1.63. The van der Waals surface area contributed by atoms with Gasteiger partial charge in [-0.25, -0.2) is 9.48 Å². The van der Waals surface area contributed by atoms with E-state index in [4.69, 9.17) is 4.74 Å². The first-order chi connectivity index (χ1) is 12.2. The van der Waals surface area contributed by atoms with Crippen molar-refractivity contribution in [3.05, 3.63) is 76.5 Å². The van der Waals surface area contributed by atoms with Crippen LogP contribution >= 0.6 is 0 Å². The second-order valence-corrected chi connectivity index (χ2v) is 5.77. The molecule has 2 N–H and O–H groups in total. The Morgan fingerprint density at radius 3 is 2.80 bits per heavy atom. The number of nitrogens with one attached hydrogen (secondary N) is 2. The minimum Gasteiger partial charge on any atom is -0.497 e. The number of nitrogens with zero attached hydrogens (tertiary/aromatic N) is 2. The number of rotatable bonds is 8. The molecule has 0 saturated heterocycles. The van der Waals surface area contributed by atoms with Gasteiger partial charge in [-0.1, -0.05) is 36.4 Å². The monoisotopic (exact) mass is 338 g/mol. The van der Waals surface area contributed by atoms with E-state index in [9.17, 15) is 4.79 Å². The van der Waals surface area contributed by atoms with E-state index in [1.54, 1.807) is 7.11 Å². The molecule has 3 rings (SSSR count). The van der Waals surface area contributed by atoms with Gasteiger partial charge in [0.2, 0.25) is 0 Å². The van der Waals surface area contributed by atoms with Crippen LogP contribution in [0.2, 0.25) is 0 Å². The van der Waals surface area contributed by atoms with Gasteiger partial charge in [0.15, 0.2) is 0 Å². The number of ether oxygens (including phenoxy) is 1. The number of aromatic nitrogens is 3. The number of aryl methyl sites for hydroxylation is 2. The normalized spacial score (nSPS) is 10.6. The standard InChI is InChI=1S/C19H22N4O2/c1-25-17-11-5-10-16(13-17)20-14-18-21-19(24)23(22-18)12-6-9-15-7-3-2-4-8-15/h2-5,7-8,10-11,13,20H,6,9,12,14H2,1H3,(H,21,22,24). The van der Waals surface area contributed by atoms with Crippen LogP contribution in [0.4, 0.5) is 5.69 Å². The minimum atomic E-state index is -0.171. The molecule has 0 radical (unpaired) electrons. The first kappa shape index (κ1) is 16.8. The maximum atomic E-state index is 12.0. The lowest BCUT2D eigenvalue weighted by Gasteiger charge is -2.06. The molecule has 0 bridgehead atoms. The van der Waals surface area contributed by atoms with E-state index < -0.39 is 0 Å². The summed E-state index contributed by atoms with van der Waals surface area (Å²) in [4.78, 5) is 14.8. The molecule has 6 nitrogen and oxygen atoms in total. The lowest BCUT2D eigenvalue weighted by Crippen LogP contribution is -2.18. The van der Waals surface area contributed by atoms with Crippen molar-refractivity contribution in [3.8, 4) is 5.75 Å². The fraction of sp³-hybridized carbons (Fsp3) is 0.263. The van der Waals surface area contributed by atoms with Gasteiger partial charge < -0.3 is 10.1 Å². The number of H-pyrrole nitrogens is 1. The summed E-state index contributed by atoms with van der Waals surface area (Å²) >= 11 is 0. The third kappa shape index (κ3) is 4.73. The summed E-state index contributed by atoms with van der Waals surface area (Å²) < 4.78 is 6.68. The van der Waals surface area contributed by atoms with Crippen LogP contribution in [0, 0.1) is 0 Å². The first-order valence-corrected chi connectivity index (χ1v) is 8.32. The second-order valence-electron chi connectivity index (χ2n) is 5.77. The molecule has 1 heterocycles. The van der Waals surface area contributed by atoms with E-state index in [2.05, 4.69) is 27.5 Å². The number of benzene rings is 2. The number of anilines is 1. The Morgan fingerprint density at radius 1 is 1.16 bits per heavy atom. The molecule has 0 fully saturated rings. The number of aromatic amines is 1. The summed E-state index contributed by atoms with van der Waals surface area (Å²) in [5.74, 6) is 1.40. The van der Waals surface area contributed by atoms with Gasteiger partial charge in [-0.2, -0.15) is 5.10 Å². The van der Waals surface area contributed by atoms with Gasteiger partial charge in [-0.05, 0) is 30.5 Å². The predicted octanol–water partition coefficient (Wildman–Crippen LogP) is 2.82. The molecule has 3 aromatic rings. The lowest BCUT2D eigenvalue weighted by molar-refractivity contribution is 0.415. The van der Waals surface area contributed by atoms with Crippen LogP contribution < -0.4 is 15.7 Å². The number of hydrogen-bond donors (Lipinski definition) is 2. The molecule has 2 aromatic carbocycles. The van der Waals surface area contributed by atoms with Crippen LogP contribution in [-0.2, 0) is 19.5 Å². The molecule has 0 atom stereocenters. The summed E-state index contributed by atoms with van der Waals surface area (Å²) in [6.45, 7) is 1.05. The van der Waals surface area contributed by atoms with E-state index in [0.29, 0.717) is 18.9 Å². The molecule has 1 aromatic heterocycles. The molecule has 0 spiro atoms. The van der Waals surface area contributed by atoms with Gasteiger partial charge in [0.1, 0.15) is 11.6 Å². The maximum absolute atomic E-state index is 12.0. The number of methoxy groups -OCH3 is 1. The van der Waals surface area contributed by atoms with Crippen LogP contribution in [0.1, 0.15) is 17.8 Å². The van der Waals surface area contributed by atoms with Gasteiger partial charge in [-0.3, -0.25) is 4.98 Å². The van der Waals surface area contributed by atoms with Crippen molar-refractivity contribution in [1.29, 1.82) is 0 Å². The largest absolute Gasteiger partial charge is 0.497 e. The Hall–Kier alpha value is -3.02. The van der Waals surface area contributed by atoms with E-state index in [1.165, 1.54) is 10.2 Å². The SMILES string of the molecule is COc1cccc(NCc2nn(CCCc3ccccc3)c(=O)[nH]2)c1. The summed E-state index contributed by atoms with van der Waals surface area (Å²) in [6.07, 6.45) is 1.80. The minimum absolute atomic E-state index is 0.171. The van der Waals surface area contributed by atoms with Crippen molar-refractivity contribution in [2.75, 3.05) is 12.4 Å². The second kappa shape index (κ2) is 8.19. The highest BCUT2D eigenvalue weighted by atomic mass is 16.5. The van der Waals surface area contributed by atoms with E-state index in [-0.39, 0.29) is 5.69 Å². The number of hydrogen-bond acceptors (Lipinski definition) is 4. The smallest absolute Gasteiger partial charge is 0.343 e. The highest BCUT2D eigenvalue weighted by Gasteiger charge is 2.05. The zero-order valence-electron chi connectivity index (χ0n) is 14.2. The average molecular weight is 338 g/mol. The topological polar surface area (TPSA) is 71.9 Å². The van der Waals surface area contributed by atoms with Crippen LogP contribution in [0.25, 0.3) is 0 Å². The fourth-order valence-electron chi connectivity index (χ4n) is 2.63. The van der Waals surface area contributed by atoms with E-state index in [0.717, 1.165) is 24.3 Å². The molecule has 25 heavy (non-hydrogen) atoms. The highest BCUT2D eigenvalue weighted by molar-refractivity contribution is 5.48. The highest BCUT2D eigenvalue weighted by Crippen LogP contribution is 2.16. The Bertz CT molecular complexity index is 855. The van der Waals surface area contributed by atoms with Gasteiger partial charge >= 0.3 is 5.69 Å². The molecule has 6 heteroatoms. The van der Waals surface area contributed by atoms with Gasteiger partial charge in [0.25, 0.3) is 0 Å². The zero-order chi connectivity index (χ0) is 17.5. The van der Waals surface area contributed by atoms with Crippen LogP contribution in [0.3, 0.4) is 0 Å². The predicted molar refractivity (Wildman–Crippen MR) is 97.9 cm³/mol. The first-order valence-electron chi connectivity index (χ1n) is 8.32. The van der Waals surface area contributed by atoms with Gasteiger partial charge in [0, 0.05) is 18.3 Å². The Morgan fingerprint density at radius 2 is 2.00 bits per heavy atom. The van der Waals surface area contributed by atoms with Crippen molar-refractivity contribution in [3.63, 3.8) is 0 Å². The molecule has 130 valence electrons. The summed E-state index contributed by atoms with van der Waals surface area (Å²) in [6, 6.07) is 17.9. The summed E-state index contributed by atoms with van der Waals surface area (Å²) in [5, 5.41) is 7.59. The average Bonchev–Trinajstić information content (AvgIpc) is 3.01. The zero-order valence-corrected chi connectivity index (χ0v) is 14.2. The van der Waals surface area contributed by atoms with Crippen LogP contribution in [0.15, 0.2) is 59.4 Å². The van der Waals surface area contributed by atoms with E-state index in [1.807, 2.05) is 42.5 Å². The van der Waals surface area contributed by atoms with Crippen molar-refractivity contribution < 1.29 is 4.74 Å². The third-order valence-corrected chi connectivity index (χ3v) is 3.93. The molecule has 0 aliphatic rings. The molecule has 0 saturated carbocycles. The Kier molecular flexibility index (Phi) is 5.51. The van der Waals surface area contributed by atoms with Gasteiger partial charge in [0.05, 0.1) is 13.7 Å². The molecule has 0 amide bonds. The van der Waals surface area contributed by atoms with Crippen molar-refractivity contribution >= 4 is 5.69 Å².